The number of aliphatic hydroxyl groups is 1. The fourth-order valence-electron chi connectivity index (χ4n) is 1.91. The van der Waals surface area contributed by atoms with E-state index in [0.29, 0.717) is 36.3 Å². The predicted molar refractivity (Wildman–Crippen MR) is 85.4 cm³/mol. The van der Waals surface area contributed by atoms with Crippen LogP contribution >= 0.6 is 11.6 Å². The van der Waals surface area contributed by atoms with E-state index in [9.17, 15) is 0 Å². The quantitative estimate of drug-likeness (QED) is 0.577. The molecule has 0 atom stereocenters. The number of rotatable bonds is 8. The Labute approximate surface area is 134 Å². The summed E-state index contributed by atoms with van der Waals surface area (Å²) in [6.45, 7) is 1.73. The molecule has 0 spiro atoms. The van der Waals surface area contributed by atoms with Gasteiger partial charge in [-0.3, -0.25) is 0 Å². The Morgan fingerprint density at radius 1 is 1.18 bits per heavy atom. The van der Waals surface area contributed by atoms with Gasteiger partial charge in [-0.05, 0) is 23.8 Å². The van der Waals surface area contributed by atoms with Crippen molar-refractivity contribution in [3.63, 3.8) is 0 Å². The Bertz CT molecular complexity index is 590. The number of aromatic nitrogens is 1. The maximum Gasteiger partial charge on any atom is 0.161 e. The van der Waals surface area contributed by atoms with Crippen molar-refractivity contribution in [1.29, 1.82) is 0 Å². The van der Waals surface area contributed by atoms with Crippen molar-refractivity contribution >= 4 is 11.6 Å². The molecule has 6 heteroatoms. The first-order valence-electron chi connectivity index (χ1n) is 6.94. The van der Waals surface area contributed by atoms with Crippen LogP contribution in [-0.2, 0) is 13.2 Å². The van der Waals surface area contributed by atoms with Crippen LogP contribution < -0.4 is 14.8 Å². The number of nitrogens with zero attached hydrogens (tertiary/aromatic N) is 1. The van der Waals surface area contributed by atoms with E-state index in [1.165, 1.54) is 0 Å². The van der Waals surface area contributed by atoms with Crippen molar-refractivity contribution in [1.82, 2.24) is 10.3 Å². The number of aliphatic hydroxyl groups excluding tert-OH is 1. The second-order valence-electron chi connectivity index (χ2n) is 4.66. The molecular formula is C16H19ClN2O3. The number of nitrogens with one attached hydrogen (secondary N) is 1. The maximum atomic E-state index is 8.76. The minimum atomic E-state index is 0.119. The predicted octanol–water partition coefficient (Wildman–Crippen LogP) is 2.40. The average molecular weight is 323 g/mol. The molecule has 22 heavy (non-hydrogen) atoms. The topological polar surface area (TPSA) is 63.6 Å². The van der Waals surface area contributed by atoms with Gasteiger partial charge in [0.15, 0.2) is 11.5 Å². The fourth-order valence-corrected chi connectivity index (χ4v) is 2.02. The summed E-state index contributed by atoms with van der Waals surface area (Å²) in [6.07, 6.45) is 1.68. The van der Waals surface area contributed by atoms with Crippen LogP contribution in [0.4, 0.5) is 0 Å². The molecule has 0 aliphatic heterocycles. The first-order chi connectivity index (χ1) is 10.7. The molecule has 1 heterocycles. The molecule has 2 rings (SSSR count). The van der Waals surface area contributed by atoms with Gasteiger partial charge < -0.3 is 19.9 Å². The van der Waals surface area contributed by atoms with Gasteiger partial charge >= 0.3 is 0 Å². The Morgan fingerprint density at radius 2 is 2.00 bits per heavy atom. The van der Waals surface area contributed by atoms with E-state index in [4.69, 9.17) is 26.2 Å². The highest BCUT2D eigenvalue weighted by atomic mass is 35.5. The van der Waals surface area contributed by atoms with E-state index in [0.717, 1.165) is 11.1 Å². The van der Waals surface area contributed by atoms with Gasteiger partial charge in [-0.2, -0.15) is 0 Å². The third-order valence-electron chi connectivity index (χ3n) is 3.03. The Balaban J connectivity index is 1.99. The molecule has 0 aliphatic carbocycles. The van der Waals surface area contributed by atoms with Gasteiger partial charge in [0, 0.05) is 24.8 Å². The summed E-state index contributed by atoms with van der Waals surface area (Å²) < 4.78 is 11.1. The zero-order valence-electron chi connectivity index (χ0n) is 12.4. The van der Waals surface area contributed by atoms with E-state index >= 15 is 0 Å². The molecule has 0 unspecified atom stereocenters. The Morgan fingerprint density at radius 3 is 2.68 bits per heavy atom. The molecule has 0 bridgehead atoms. The number of hydrogen-bond donors (Lipinski definition) is 2. The number of pyridine rings is 1. The van der Waals surface area contributed by atoms with Crippen LogP contribution in [-0.4, -0.2) is 30.4 Å². The standard InChI is InChI=1S/C16H19ClN2O3/c1-21-15-8-12(9-18-6-7-20)2-4-14(15)22-11-13-3-5-16(17)19-10-13/h2-5,8,10,18,20H,6-7,9,11H2,1H3. The zero-order chi connectivity index (χ0) is 15.8. The SMILES string of the molecule is COc1cc(CNCCO)ccc1OCc1ccc(Cl)nc1. The van der Waals surface area contributed by atoms with E-state index in [2.05, 4.69) is 10.3 Å². The highest BCUT2D eigenvalue weighted by molar-refractivity contribution is 6.29. The summed E-state index contributed by atoms with van der Waals surface area (Å²) in [4.78, 5) is 4.02. The van der Waals surface area contributed by atoms with Gasteiger partial charge in [0.2, 0.25) is 0 Å². The van der Waals surface area contributed by atoms with Gasteiger partial charge in [0.1, 0.15) is 11.8 Å². The van der Waals surface area contributed by atoms with E-state index in [-0.39, 0.29) is 6.61 Å². The number of benzene rings is 1. The molecule has 5 nitrogen and oxygen atoms in total. The van der Waals surface area contributed by atoms with Gasteiger partial charge in [-0.25, -0.2) is 4.98 Å². The number of methoxy groups -OCH3 is 1. The summed E-state index contributed by atoms with van der Waals surface area (Å²) >= 11 is 5.75. The minimum absolute atomic E-state index is 0.119. The van der Waals surface area contributed by atoms with Crippen molar-refractivity contribution < 1.29 is 14.6 Å². The second-order valence-corrected chi connectivity index (χ2v) is 5.05. The molecule has 0 aliphatic rings. The molecule has 118 valence electrons. The van der Waals surface area contributed by atoms with Crippen molar-refractivity contribution in [2.75, 3.05) is 20.3 Å². The fraction of sp³-hybridized carbons (Fsp3) is 0.312. The van der Waals surface area contributed by atoms with Crippen LogP contribution in [0.5, 0.6) is 11.5 Å². The molecule has 0 radical (unpaired) electrons. The van der Waals surface area contributed by atoms with Crippen molar-refractivity contribution in [2.24, 2.45) is 0 Å². The highest BCUT2D eigenvalue weighted by Crippen LogP contribution is 2.28. The van der Waals surface area contributed by atoms with E-state index < -0.39 is 0 Å². The molecular weight excluding hydrogens is 304 g/mol. The van der Waals surface area contributed by atoms with Crippen LogP contribution in [0.15, 0.2) is 36.5 Å². The third-order valence-corrected chi connectivity index (χ3v) is 3.25. The first kappa shape index (κ1) is 16.5. The lowest BCUT2D eigenvalue weighted by molar-refractivity contribution is 0.283. The third kappa shape index (κ3) is 4.87. The number of halogens is 1. The molecule has 1 aromatic heterocycles. The van der Waals surface area contributed by atoms with Crippen LogP contribution in [0.3, 0.4) is 0 Å². The van der Waals surface area contributed by atoms with Crippen molar-refractivity contribution in [3.8, 4) is 11.5 Å². The van der Waals surface area contributed by atoms with E-state index in [1.54, 1.807) is 19.4 Å². The first-order valence-corrected chi connectivity index (χ1v) is 7.32. The van der Waals surface area contributed by atoms with Gasteiger partial charge in [-0.1, -0.05) is 23.7 Å². The molecule has 0 saturated carbocycles. The minimum Gasteiger partial charge on any atom is -0.493 e. The average Bonchev–Trinajstić information content (AvgIpc) is 2.55. The lowest BCUT2D eigenvalue weighted by Crippen LogP contribution is -2.17. The van der Waals surface area contributed by atoms with Gasteiger partial charge in [0.25, 0.3) is 0 Å². The highest BCUT2D eigenvalue weighted by Gasteiger charge is 2.06. The van der Waals surface area contributed by atoms with Crippen LogP contribution in [0.2, 0.25) is 5.15 Å². The smallest absolute Gasteiger partial charge is 0.161 e. The molecule has 0 amide bonds. The van der Waals surface area contributed by atoms with Crippen LogP contribution in [0.1, 0.15) is 11.1 Å². The lowest BCUT2D eigenvalue weighted by Gasteiger charge is -2.12. The Hall–Kier alpha value is -1.82. The van der Waals surface area contributed by atoms with E-state index in [1.807, 2.05) is 24.3 Å². The summed E-state index contributed by atoms with van der Waals surface area (Å²) in [5.41, 5.74) is 1.99. The monoisotopic (exact) mass is 322 g/mol. The number of ether oxygens (including phenoxy) is 2. The molecule has 1 aromatic carbocycles. The number of hydrogen-bond acceptors (Lipinski definition) is 5. The van der Waals surface area contributed by atoms with Crippen LogP contribution in [0, 0.1) is 0 Å². The summed E-state index contributed by atoms with van der Waals surface area (Å²) in [7, 11) is 1.61. The van der Waals surface area contributed by atoms with Crippen molar-refractivity contribution in [3.05, 3.63) is 52.8 Å². The largest absolute Gasteiger partial charge is 0.493 e. The van der Waals surface area contributed by atoms with Gasteiger partial charge in [-0.15, -0.1) is 0 Å². The zero-order valence-corrected chi connectivity index (χ0v) is 13.1. The lowest BCUT2D eigenvalue weighted by atomic mass is 10.2. The van der Waals surface area contributed by atoms with Crippen LogP contribution in [0.25, 0.3) is 0 Å². The second kappa shape index (κ2) is 8.58. The summed E-state index contributed by atoms with van der Waals surface area (Å²) in [6, 6.07) is 9.35. The molecule has 2 aromatic rings. The summed E-state index contributed by atoms with van der Waals surface area (Å²) in [5.74, 6) is 1.34. The van der Waals surface area contributed by atoms with Gasteiger partial charge in [0.05, 0.1) is 13.7 Å². The summed E-state index contributed by atoms with van der Waals surface area (Å²) in [5, 5.41) is 12.3. The van der Waals surface area contributed by atoms with Crippen molar-refractivity contribution in [2.45, 2.75) is 13.2 Å². The maximum absolute atomic E-state index is 8.76. The molecule has 0 saturated heterocycles. The normalized spacial score (nSPS) is 10.5. The molecule has 2 N–H and O–H groups in total. The molecule has 0 fully saturated rings. The Kier molecular flexibility index (Phi) is 6.45.